The molecule has 0 unspecified atom stereocenters. The molecule has 0 saturated carbocycles. The van der Waals surface area contributed by atoms with Gasteiger partial charge in [-0.25, -0.2) is 0 Å². The van der Waals surface area contributed by atoms with E-state index in [1.54, 1.807) is 6.92 Å². The van der Waals surface area contributed by atoms with Crippen molar-refractivity contribution in [2.75, 3.05) is 13.2 Å². The van der Waals surface area contributed by atoms with Gasteiger partial charge in [0.25, 0.3) is 0 Å². The Bertz CT molecular complexity index is 904. The minimum Gasteiger partial charge on any atom is -0.461 e. The van der Waals surface area contributed by atoms with Crippen molar-refractivity contribution < 1.29 is 69.0 Å². The third-order valence-electron chi connectivity index (χ3n) is 9.35. The first-order valence-electron chi connectivity index (χ1n) is 17.0. The first-order valence-corrected chi connectivity index (χ1v) is 17.0. The highest BCUT2D eigenvalue weighted by atomic mass is 16.7. The van der Waals surface area contributed by atoms with Gasteiger partial charge in [0.15, 0.2) is 6.29 Å². The summed E-state index contributed by atoms with van der Waals surface area (Å²) in [6.07, 6.45) is -0.109. The molecule has 3 saturated heterocycles. The fourth-order valence-electron chi connectivity index (χ4n) is 6.31. The Morgan fingerprint density at radius 3 is 1.96 bits per heavy atom. The molecular formula is C32H56O14. The molecule has 0 radical (unpaired) electrons. The first-order chi connectivity index (χ1) is 22.0. The van der Waals surface area contributed by atoms with E-state index in [9.17, 15) is 45.3 Å². The minimum absolute atomic E-state index is 0.0650. The van der Waals surface area contributed by atoms with Crippen LogP contribution in [-0.4, -0.2) is 128 Å². The lowest BCUT2D eigenvalue weighted by Gasteiger charge is -2.39. The molecule has 0 amide bonds. The van der Waals surface area contributed by atoms with E-state index in [0.29, 0.717) is 6.42 Å². The first kappa shape index (κ1) is 39.0. The van der Waals surface area contributed by atoms with E-state index in [2.05, 4.69) is 0 Å². The highest BCUT2D eigenvalue weighted by Crippen LogP contribution is 2.34. The van der Waals surface area contributed by atoms with Crippen LogP contribution in [0.3, 0.4) is 0 Å². The van der Waals surface area contributed by atoms with Gasteiger partial charge in [-0.1, -0.05) is 71.1 Å². The van der Waals surface area contributed by atoms with Crippen molar-refractivity contribution in [2.24, 2.45) is 11.8 Å². The van der Waals surface area contributed by atoms with E-state index in [1.807, 2.05) is 6.92 Å². The van der Waals surface area contributed by atoms with Crippen LogP contribution >= 0.6 is 0 Å². The van der Waals surface area contributed by atoms with Gasteiger partial charge in [0.2, 0.25) is 6.29 Å². The third kappa shape index (κ3) is 11.0. The number of ether oxygens (including phenoxy) is 5. The molecule has 268 valence electrons. The Kier molecular flexibility index (Phi) is 16.5. The largest absolute Gasteiger partial charge is 0.461 e. The van der Waals surface area contributed by atoms with Crippen LogP contribution in [0.25, 0.3) is 0 Å². The van der Waals surface area contributed by atoms with Crippen LogP contribution in [-0.2, 0) is 33.3 Å². The molecule has 0 spiro atoms. The van der Waals surface area contributed by atoms with Crippen molar-refractivity contribution in [1.29, 1.82) is 0 Å². The number of carbonyl (C=O) groups excluding carboxylic acids is 2. The average molecular weight is 665 g/mol. The molecule has 3 fully saturated rings. The Hall–Kier alpha value is -1.46. The molecule has 3 aliphatic rings. The molecule has 0 aromatic carbocycles. The molecule has 3 aliphatic heterocycles. The zero-order valence-corrected chi connectivity index (χ0v) is 27.1. The molecule has 3 heterocycles. The van der Waals surface area contributed by atoms with Gasteiger partial charge in [-0.3, -0.25) is 9.59 Å². The molecule has 14 nitrogen and oxygen atoms in total. The van der Waals surface area contributed by atoms with Crippen molar-refractivity contribution in [2.45, 2.75) is 165 Å². The summed E-state index contributed by atoms with van der Waals surface area (Å²) in [6.45, 7) is 2.78. The standard InChI is InChI=1S/C32H56O14/c1-18(43-31-27(38)24(35)20(34)17-42-31)14-12-10-8-6-4-3-5-7-9-11-13-15-21-23(19(2)29(40)44-21)30(41)46-32-28(39)26(37)25(36)22(16-33)45-32/h18-28,31-39H,3-17H2,1-2H3/t18-,19+,20-,21+,22-,23-,24+,25-,26+,27-,28-,31+,32+/m1/s1. The van der Waals surface area contributed by atoms with Gasteiger partial charge in [0, 0.05) is 0 Å². The molecule has 14 heteroatoms. The van der Waals surface area contributed by atoms with E-state index < -0.39 is 91.8 Å². The lowest BCUT2D eigenvalue weighted by Crippen LogP contribution is -2.59. The van der Waals surface area contributed by atoms with Gasteiger partial charge in [-0.05, 0) is 26.2 Å². The summed E-state index contributed by atoms with van der Waals surface area (Å²) in [5.41, 5.74) is 0. The summed E-state index contributed by atoms with van der Waals surface area (Å²) in [5.74, 6) is -2.93. The second-order valence-corrected chi connectivity index (χ2v) is 13.1. The summed E-state index contributed by atoms with van der Waals surface area (Å²) in [6, 6.07) is 0. The van der Waals surface area contributed by atoms with E-state index in [1.165, 1.54) is 6.42 Å². The third-order valence-corrected chi connectivity index (χ3v) is 9.35. The van der Waals surface area contributed by atoms with Gasteiger partial charge < -0.3 is 59.4 Å². The number of cyclic esters (lactones) is 1. The molecular weight excluding hydrogens is 608 g/mol. The Morgan fingerprint density at radius 1 is 0.783 bits per heavy atom. The Balaban J connectivity index is 1.21. The molecule has 13 atom stereocenters. The van der Waals surface area contributed by atoms with Gasteiger partial charge >= 0.3 is 11.9 Å². The zero-order valence-electron chi connectivity index (χ0n) is 27.1. The zero-order chi connectivity index (χ0) is 33.8. The second-order valence-electron chi connectivity index (χ2n) is 13.1. The molecule has 0 aliphatic carbocycles. The molecule has 0 bridgehead atoms. The number of esters is 2. The Labute approximate surface area is 270 Å². The number of carbonyl (C=O) groups is 2. The lowest BCUT2D eigenvalue weighted by atomic mass is 9.89. The van der Waals surface area contributed by atoms with Crippen LogP contribution in [0, 0.1) is 11.8 Å². The van der Waals surface area contributed by atoms with Crippen LogP contribution < -0.4 is 0 Å². The van der Waals surface area contributed by atoms with E-state index in [-0.39, 0.29) is 12.7 Å². The number of unbranched alkanes of at least 4 members (excludes halogenated alkanes) is 10. The molecule has 0 aromatic heterocycles. The summed E-state index contributed by atoms with van der Waals surface area (Å²) < 4.78 is 27.0. The van der Waals surface area contributed by atoms with E-state index >= 15 is 0 Å². The fourth-order valence-corrected chi connectivity index (χ4v) is 6.31. The van der Waals surface area contributed by atoms with Crippen molar-refractivity contribution in [3.05, 3.63) is 0 Å². The number of aliphatic hydroxyl groups excluding tert-OH is 7. The molecule has 46 heavy (non-hydrogen) atoms. The monoisotopic (exact) mass is 664 g/mol. The predicted octanol–water partition coefficient (Wildman–Crippen LogP) is 0.423. The van der Waals surface area contributed by atoms with Crippen LogP contribution in [0.5, 0.6) is 0 Å². The van der Waals surface area contributed by atoms with Gasteiger partial charge in [0.1, 0.15) is 54.7 Å². The number of rotatable bonds is 19. The van der Waals surface area contributed by atoms with Gasteiger partial charge in [-0.2, -0.15) is 0 Å². The average Bonchev–Trinajstić information content (AvgIpc) is 3.32. The van der Waals surface area contributed by atoms with Crippen molar-refractivity contribution in [1.82, 2.24) is 0 Å². The Morgan fingerprint density at radius 2 is 1.35 bits per heavy atom. The SMILES string of the molecule is C[C@H](CCCCCCCCCCCCC[C@@H]1OC(=O)[C@@H](C)[C@H]1C(=O)O[C@@H]1O[C@H](CO)[C@@H](O)[C@H](O)[C@H]1O)O[C@@H]1OC[C@@H](O)[C@H](O)[C@H]1O. The van der Waals surface area contributed by atoms with Crippen molar-refractivity contribution in [3.63, 3.8) is 0 Å². The normalized spacial score (nSPS) is 37.2. The predicted molar refractivity (Wildman–Crippen MR) is 161 cm³/mol. The number of hydrogen-bond acceptors (Lipinski definition) is 14. The summed E-state index contributed by atoms with van der Waals surface area (Å²) in [5, 5.41) is 68.7. The summed E-state index contributed by atoms with van der Waals surface area (Å²) in [4.78, 5) is 25.2. The fraction of sp³-hybridized carbons (Fsp3) is 0.938. The van der Waals surface area contributed by atoms with Crippen LogP contribution in [0.1, 0.15) is 97.3 Å². The van der Waals surface area contributed by atoms with Gasteiger partial charge in [-0.15, -0.1) is 0 Å². The highest BCUT2D eigenvalue weighted by Gasteiger charge is 2.50. The number of aliphatic hydroxyl groups is 7. The maximum absolute atomic E-state index is 13.0. The van der Waals surface area contributed by atoms with Crippen molar-refractivity contribution in [3.8, 4) is 0 Å². The number of hydrogen-bond donors (Lipinski definition) is 7. The highest BCUT2D eigenvalue weighted by molar-refractivity contribution is 5.85. The van der Waals surface area contributed by atoms with Crippen LogP contribution in [0.4, 0.5) is 0 Å². The maximum atomic E-state index is 13.0. The molecule has 0 aromatic rings. The molecule has 3 rings (SSSR count). The summed E-state index contributed by atoms with van der Waals surface area (Å²) in [7, 11) is 0. The van der Waals surface area contributed by atoms with Gasteiger partial charge in [0.05, 0.1) is 25.2 Å². The van der Waals surface area contributed by atoms with E-state index in [0.717, 1.165) is 70.6 Å². The van der Waals surface area contributed by atoms with Crippen LogP contribution in [0.15, 0.2) is 0 Å². The maximum Gasteiger partial charge on any atom is 0.315 e. The van der Waals surface area contributed by atoms with E-state index in [4.69, 9.17) is 23.7 Å². The second kappa shape index (κ2) is 19.5. The smallest absolute Gasteiger partial charge is 0.315 e. The summed E-state index contributed by atoms with van der Waals surface area (Å²) >= 11 is 0. The lowest BCUT2D eigenvalue weighted by molar-refractivity contribution is -0.294. The van der Waals surface area contributed by atoms with Crippen LogP contribution in [0.2, 0.25) is 0 Å². The molecule has 7 N–H and O–H groups in total. The quantitative estimate of drug-likeness (QED) is 0.0735. The minimum atomic E-state index is -1.71. The topological polar surface area (TPSA) is 222 Å². The van der Waals surface area contributed by atoms with Crippen molar-refractivity contribution >= 4 is 11.9 Å².